The molecule has 2 rings (SSSR count). The van der Waals surface area contributed by atoms with Crippen molar-refractivity contribution < 1.29 is 14.7 Å². The van der Waals surface area contributed by atoms with Crippen LogP contribution in [0.25, 0.3) is 0 Å². The summed E-state index contributed by atoms with van der Waals surface area (Å²) in [5.41, 5.74) is 1.60. The van der Waals surface area contributed by atoms with Gasteiger partial charge in [0.1, 0.15) is 0 Å². The monoisotopic (exact) mass is 285 g/mol. The normalized spacial score (nSPS) is 16.9. The van der Waals surface area contributed by atoms with Crippen LogP contribution < -0.4 is 4.90 Å². The zero-order valence-corrected chi connectivity index (χ0v) is 12.6. The van der Waals surface area contributed by atoms with E-state index in [4.69, 9.17) is 5.11 Å². The Labute approximate surface area is 124 Å². The number of nitrogens with zero attached hydrogens (tertiary/aromatic N) is 1. The Morgan fingerprint density at radius 2 is 2.00 bits per heavy atom. The van der Waals surface area contributed by atoms with E-state index in [0.717, 1.165) is 11.1 Å². The van der Waals surface area contributed by atoms with Gasteiger partial charge in [-0.25, -0.2) is 0 Å². The van der Waals surface area contributed by atoms with Gasteiger partial charge in [-0.3, -0.25) is 14.5 Å². The molecule has 0 aliphatic carbocycles. The molecule has 1 heterocycles. The van der Waals surface area contributed by atoms with Crippen LogP contribution in [-0.2, 0) is 9.59 Å². The summed E-state index contributed by atoms with van der Waals surface area (Å²) in [4.78, 5) is 25.7. The molecule has 1 aliphatic heterocycles. The highest BCUT2D eigenvalue weighted by Crippen LogP contribution is 2.35. The molecule has 1 aliphatic rings. The van der Waals surface area contributed by atoms with Crippen molar-refractivity contribution in [3.05, 3.63) is 29.3 Å². The number of benzene rings is 1. The maximum Gasteiger partial charge on any atom is 0.239 e. The van der Waals surface area contributed by atoms with Crippen molar-refractivity contribution in [3.8, 4) is 11.8 Å². The summed E-state index contributed by atoms with van der Waals surface area (Å²) in [6.07, 6.45) is 0.628. The summed E-state index contributed by atoms with van der Waals surface area (Å²) in [6, 6.07) is 5.45. The Hall–Kier alpha value is -2.12. The lowest BCUT2D eigenvalue weighted by molar-refractivity contribution is -0.124. The number of carbonyl (C=O) groups is 2. The van der Waals surface area contributed by atoms with E-state index in [2.05, 4.69) is 11.8 Å². The van der Waals surface area contributed by atoms with Gasteiger partial charge in [0, 0.05) is 18.4 Å². The highest BCUT2D eigenvalue weighted by atomic mass is 16.2. The third-order valence-electron chi connectivity index (χ3n) is 3.41. The van der Waals surface area contributed by atoms with Crippen molar-refractivity contribution in [2.45, 2.75) is 33.6 Å². The van der Waals surface area contributed by atoms with Gasteiger partial charge in [0.15, 0.2) is 0 Å². The molecule has 2 amide bonds. The molecule has 21 heavy (non-hydrogen) atoms. The van der Waals surface area contributed by atoms with E-state index in [1.165, 1.54) is 4.90 Å². The topological polar surface area (TPSA) is 57.6 Å². The Morgan fingerprint density at radius 3 is 2.57 bits per heavy atom. The van der Waals surface area contributed by atoms with Crippen LogP contribution in [0.1, 0.15) is 37.8 Å². The summed E-state index contributed by atoms with van der Waals surface area (Å²) >= 11 is 0. The second kappa shape index (κ2) is 5.71. The first-order valence-corrected chi connectivity index (χ1v) is 6.94. The molecule has 1 fully saturated rings. The zero-order chi connectivity index (χ0) is 15.6. The lowest BCUT2D eigenvalue weighted by Crippen LogP contribution is -2.33. The number of anilines is 1. The van der Waals surface area contributed by atoms with E-state index in [0.29, 0.717) is 12.1 Å². The first-order chi connectivity index (χ1) is 9.85. The van der Waals surface area contributed by atoms with Crippen molar-refractivity contribution in [2.24, 2.45) is 5.41 Å². The Balaban J connectivity index is 2.39. The fraction of sp³-hybridized carbons (Fsp3) is 0.412. The number of rotatable bonds is 2. The lowest BCUT2D eigenvalue weighted by Gasteiger charge is -2.18. The molecule has 0 unspecified atom stereocenters. The summed E-state index contributed by atoms with van der Waals surface area (Å²) < 4.78 is 0. The molecule has 0 spiro atoms. The molecule has 4 nitrogen and oxygen atoms in total. The number of hydrogen-bond donors (Lipinski definition) is 1. The number of aryl methyl sites for hydroxylation is 1. The zero-order valence-electron chi connectivity index (χ0n) is 12.6. The van der Waals surface area contributed by atoms with Gasteiger partial charge in [-0.2, -0.15) is 0 Å². The van der Waals surface area contributed by atoms with Crippen LogP contribution in [0, 0.1) is 24.2 Å². The van der Waals surface area contributed by atoms with E-state index >= 15 is 0 Å². The third kappa shape index (κ3) is 3.14. The maximum atomic E-state index is 12.4. The molecular formula is C17H19NO3. The van der Waals surface area contributed by atoms with Gasteiger partial charge in [0.25, 0.3) is 0 Å². The van der Waals surface area contributed by atoms with E-state index in [9.17, 15) is 9.59 Å². The quantitative estimate of drug-likeness (QED) is 0.668. The molecule has 1 N–H and O–H groups in total. The van der Waals surface area contributed by atoms with Gasteiger partial charge >= 0.3 is 0 Å². The van der Waals surface area contributed by atoms with Gasteiger partial charge in [0.05, 0.1) is 17.7 Å². The summed E-state index contributed by atoms with van der Waals surface area (Å²) in [5, 5.41) is 8.75. The highest BCUT2D eigenvalue weighted by Gasteiger charge is 2.45. The number of hydrogen-bond acceptors (Lipinski definition) is 3. The minimum atomic E-state index is -0.649. The predicted octanol–water partition coefficient (Wildman–Crippen LogP) is 2.02. The van der Waals surface area contributed by atoms with Gasteiger partial charge in [-0.1, -0.05) is 25.7 Å². The SMILES string of the molecule is Cc1cc(C#CCCO)cc(N2C(=O)CC(C)(C)C2=O)c1. The maximum absolute atomic E-state index is 12.4. The van der Waals surface area contributed by atoms with Crippen molar-refractivity contribution in [1.29, 1.82) is 0 Å². The third-order valence-corrected chi connectivity index (χ3v) is 3.41. The van der Waals surface area contributed by atoms with E-state index in [1.54, 1.807) is 19.9 Å². The largest absolute Gasteiger partial charge is 0.395 e. The average molecular weight is 285 g/mol. The van der Waals surface area contributed by atoms with Crippen LogP contribution in [0.5, 0.6) is 0 Å². The molecule has 0 radical (unpaired) electrons. The summed E-state index contributed by atoms with van der Waals surface area (Å²) in [6.45, 7) is 5.48. The summed E-state index contributed by atoms with van der Waals surface area (Å²) in [7, 11) is 0. The smallest absolute Gasteiger partial charge is 0.239 e. The lowest BCUT2D eigenvalue weighted by atomic mass is 9.92. The van der Waals surface area contributed by atoms with E-state index in [1.807, 2.05) is 19.1 Å². The second-order valence-electron chi connectivity index (χ2n) is 5.93. The number of amides is 2. The van der Waals surface area contributed by atoms with E-state index in [-0.39, 0.29) is 24.8 Å². The molecule has 0 atom stereocenters. The Bertz CT molecular complexity index is 650. The van der Waals surface area contributed by atoms with Crippen molar-refractivity contribution in [1.82, 2.24) is 0 Å². The van der Waals surface area contributed by atoms with Crippen molar-refractivity contribution >= 4 is 17.5 Å². The first-order valence-electron chi connectivity index (χ1n) is 6.94. The molecule has 1 saturated heterocycles. The number of aliphatic hydroxyl groups is 1. The fourth-order valence-corrected chi connectivity index (χ4v) is 2.39. The van der Waals surface area contributed by atoms with Crippen molar-refractivity contribution in [2.75, 3.05) is 11.5 Å². The van der Waals surface area contributed by atoms with Crippen LogP contribution >= 0.6 is 0 Å². The molecule has 1 aromatic rings. The van der Waals surface area contributed by atoms with Crippen LogP contribution in [0.15, 0.2) is 18.2 Å². The number of imide groups is 1. The average Bonchev–Trinajstić information content (AvgIpc) is 2.58. The molecule has 110 valence electrons. The van der Waals surface area contributed by atoms with Gasteiger partial charge < -0.3 is 5.11 Å². The molecular weight excluding hydrogens is 266 g/mol. The van der Waals surface area contributed by atoms with Gasteiger partial charge in [0.2, 0.25) is 11.8 Å². The molecule has 0 aromatic heterocycles. The molecule has 0 saturated carbocycles. The van der Waals surface area contributed by atoms with Crippen molar-refractivity contribution in [3.63, 3.8) is 0 Å². The van der Waals surface area contributed by atoms with Crippen LogP contribution in [-0.4, -0.2) is 23.5 Å². The first kappa shape index (κ1) is 15.3. The molecule has 0 bridgehead atoms. The number of aliphatic hydroxyl groups excluding tert-OH is 1. The minimum Gasteiger partial charge on any atom is -0.395 e. The second-order valence-corrected chi connectivity index (χ2v) is 5.93. The number of carbonyl (C=O) groups excluding carboxylic acids is 2. The van der Waals surface area contributed by atoms with E-state index < -0.39 is 5.41 Å². The highest BCUT2D eigenvalue weighted by molar-refractivity contribution is 6.22. The van der Waals surface area contributed by atoms with Gasteiger partial charge in [-0.05, 0) is 30.7 Å². The minimum absolute atomic E-state index is 0.0168. The predicted molar refractivity (Wildman–Crippen MR) is 80.7 cm³/mol. The molecule has 1 aromatic carbocycles. The Morgan fingerprint density at radius 1 is 1.29 bits per heavy atom. The Kier molecular flexibility index (Phi) is 4.15. The molecule has 4 heteroatoms. The summed E-state index contributed by atoms with van der Waals surface area (Å²) in [5.74, 6) is 5.44. The van der Waals surface area contributed by atoms with Crippen LogP contribution in [0.4, 0.5) is 5.69 Å². The van der Waals surface area contributed by atoms with Crippen LogP contribution in [0.3, 0.4) is 0 Å². The van der Waals surface area contributed by atoms with Crippen LogP contribution in [0.2, 0.25) is 0 Å². The standard InChI is InChI=1S/C17H19NO3/c1-12-8-13(6-4-5-7-19)10-14(9-12)18-15(20)11-17(2,3)16(18)21/h8-10,19H,5,7,11H2,1-3H3. The fourth-order valence-electron chi connectivity index (χ4n) is 2.39. The van der Waals surface area contributed by atoms with Gasteiger partial charge in [-0.15, -0.1) is 0 Å².